The molecule has 5 amide bonds. The summed E-state index contributed by atoms with van der Waals surface area (Å²) in [6.07, 6.45) is 0.885. The number of nitrogens with zero attached hydrogens (tertiary/aromatic N) is 2. The van der Waals surface area contributed by atoms with Gasteiger partial charge in [-0.05, 0) is 28.8 Å². The van der Waals surface area contributed by atoms with E-state index in [9.17, 15) is 28.8 Å². The van der Waals surface area contributed by atoms with Gasteiger partial charge < -0.3 is 20.7 Å². The molecule has 0 heterocycles. The number of carbonyl (C=O) groups excluding carboxylic acids is 6. The molecule has 0 aliphatic heterocycles. The van der Waals surface area contributed by atoms with Crippen LogP contribution in [0, 0.1) is 5.92 Å². The van der Waals surface area contributed by atoms with Gasteiger partial charge >= 0.3 is 6.09 Å². The van der Waals surface area contributed by atoms with E-state index < -0.39 is 54.0 Å². The van der Waals surface area contributed by atoms with E-state index in [4.69, 9.17) is 10.5 Å². The van der Waals surface area contributed by atoms with Crippen LogP contribution in [0.4, 0.5) is 4.79 Å². The van der Waals surface area contributed by atoms with Crippen LogP contribution in [-0.2, 0) is 41.9 Å². The van der Waals surface area contributed by atoms with Crippen LogP contribution in [0.1, 0.15) is 31.4 Å². The number of ketones is 1. The van der Waals surface area contributed by atoms with Gasteiger partial charge in [-0.1, -0.05) is 79.7 Å². The zero-order valence-electron chi connectivity index (χ0n) is 25.4. The van der Waals surface area contributed by atoms with Crippen LogP contribution in [0.5, 0.6) is 0 Å². The molecule has 0 aliphatic carbocycles. The van der Waals surface area contributed by atoms with E-state index in [1.807, 2.05) is 48.5 Å². The Labute approximate surface area is 261 Å². The predicted molar refractivity (Wildman–Crippen MR) is 167 cm³/mol. The number of primary amides is 1. The second kappa shape index (κ2) is 16.4. The molecule has 12 heteroatoms. The summed E-state index contributed by atoms with van der Waals surface area (Å²) in [5, 5.41) is 5.12. The van der Waals surface area contributed by atoms with Crippen molar-refractivity contribution >= 4 is 46.3 Å². The van der Waals surface area contributed by atoms with Gasteiger partial charge in [0, 0.05) is 38.1 Å². The number of rotatable bonds is 13. The lowest BCUT2D eigenvalue weighted by Crippen LogP contribution is -2.51. The minimum Gasteiger partial charge on any atom is -0.445 e. The second-order valence-corrected chi connectivity index (χ2v) is 10.5. The number of nitrogens with two attached hydrogens (primary N) is 1. The highest BCUT2D eigenvalue weighted by atomic mass is 16.5. The highest BCUT2D eigenvalue weighted by Gasteiger charge is 2.25. The first kappa shape index (κ1) is 34.0. The Balaban J connectivity index is 1.52. The summed E-state index contributed by atoms with van der Waals surface area (Å²) < 4.78 is 5.12. The number of alkyl carbamates (subject to hydrolysis) is 1. The van der Waals surface area contributed by atoms with Gasteiger partial charge in [-0.3, -0.25) is 29.4 Å². The summed E-state index contributed by atoms with van der Waals surface area (Å²) >= 11 is 0. The molecule has 0 saturated heterocycles. The Bertz CT molecular complexity index is 1570. The number of nitrogens with one attached hydrogen (secondary N) is 2. The maximum absolute atomic E-state index is 12.8. The molecule has 0 spiro atoms. The predicted octanol–water partition coefficient (Wildman–Crippen LogP) is 2.61. The Kier molecular flexibility index (Phi) is 12.4. The summed E-state index contributed by atoms with van der Waals surface area (Å²) in [7, 11) is 1.58. The van der Waals surface area contributed by atoms with E-state index in [0.717, 1.165) is 34.1 Å². The highest BCUT2D eigenvalue weighted by Crippen LogP contribution is 2.19. The molecule has 236 valence electrons. The molecule has 3 rings (SSSR count). The van der Waals surface area contributed by atoms with Crippen molar-refractivity contribution in [2.24, 2.45) is 11.7 Å². The minimum absolute atomic E-state index is 0.0245. The summed E-state index contributed by atoms with van der Waals surface area (Å²) in [6.45, 7) is 2.54. The third-order valence-electron chi connectivity index (χ3n) is 6.84. The SMILES string of the molecule is C[C@H](CC(=O)[C@H](C)NC(=O)OCc1ccccc1)C(=O)NN(CC(N)=O)C(=O)/C=C/C(=O)N(C)Cc1cccc2ccccc12. The molecule has 0 aliphatic rings. The van der Waals surface area contributed by atoms with Gasteiger partial charge in [0.2, 0.25) is 17.7 Å². The van der Waals surface area contributed by atoms with Crippen LogP contribution in [0.3, 0.4) is 0 Å². The van der Waals surface area contributed by atoms with E-state index in [1.165, 1.54) is 18.7 Å². The topological polar surface area (TPSA) is 168 Å². The number of hydrogen-bond acceptors (Lipinski definition) is 7. The smallest absolute Gasteiger partial charge is 0.408 e. The lowest BCUT2D eigenvalue weighted by Gasteiger charge is -2.23. The van der Waals surface area contributed by atoms with Crippen molar-refractivity contribution in [1.82, 2.24) is 20.7 Å². The summed E-state index contributed by atoms with van der Waals surface area (Å²) in [4.78, 5) is 76.2. The first-order chi connectivity index (χ1) is 21.4. The Morgan fingerprint density at radius 1 is 0.867 bits per heavy atom. The number of Topliss-reactive ketones (excluding diaryl/α,β-unsaturated/α-hetero) is 1. The summed E-state index contributed by atoms with van der Waals surface area (Å²) in [5.74, 6) is -4.41. The van der Waals surface area contributed by atoms with E-state index in [1.54, 1.807) is 31.3 Å². The summed E-state index contributed by atoms with van der Waals surface area (Å²) in [6, 6.07) is 21.6. The number of amides is 5. The number of hydrogen-bond donors (Lipinski definition) is 3. The molecule has 45 heavy (non-hydrogen) atoms. The van der Waals surface area contributed by atoms with Crippen molar-refractivity contribution in [2.75, 3.05) is 13.6 Å². The van der Waals surface area contributed by atoms with Gasteiger partial charge in [-0.25, -0.2) is 9.80 Å². The maximum Gasteiger partial charge on any atom is 0.408 e. The van der Waals surface area contributed by atoms with Crippen molar-refractivity contribution in [1.29, 1.82) is 0 Å². The van der Waals surface area contributed by atoms with Gasteiger partial charge in [0.25, 0.3) is 5.91 Å². The van der Waals surface area contributed by atoms with Crippen molar-refractivity contribution < 1.29 is 33.5 Å². The molecule has 3 aromatic rings. The first-order valence-corrected chi connectivity index (χ1v) is 14.2. The minimum atomic E-state index is -0.952. The van der Waals surface area contributed by atoms with Crippen LogP contribution in [0.25, 0.3) is 10.8 Å². The fourth-order valence-corrected chi connectivity index (χ4v) is 4.29. The molecule has 0 unspecified atom stereocenters. The van der Waals surface area contributed by atoms with Gasteiger partial charge in [-0.15, -0.1) is 0 Å². The maximum atomic E-state index is 12.8. The van der Waals surface area contributed by atoms with Gasteiger partial charge in [0.15, 0.2) is 5.78 Å². The van der Waals surface area contributed by atoms with Crippen LogP contribution < -0.4 is 16.5 Å². The quantitative estimate of drug-likeness (QED) is 0.196. The van der Waals surface area contributed by atoms with Gasteiger partial charge in [-0.2, -0.15) is 0 Å². The zero-order valence-corrected chi connectivity index (χ0v) is 25.4. The lowest BCUT2D eigenvalue weighted by atomic mass is 10.0. The Hall–Kier alpha value is -5.52. The molecule has 12 nitrogen and oxygen atoms in total. The molecule has 3 aromatic carbocycles. The van der Waals surface area contributed by atoms with Gasteiger partial charge in [0.1, 0.15) is 13.2 Å². The molecule has 0 radical (unpaired) electrons. The van der Waals surface area contributed by atoms with Crippen molar-refractivity contribution in [3.63, 3.8) is 0 Å². The molecule has 0 saturated carbocycles. The van der Waals surface area contributed by atoms with Crippen molar-refractivity contribution in [3.8, 4) is 0 Å². The molecule has 2 atom stereocenters. The number of hydrazine groups is 1. The average Bonchev–Trinajstić information content (AvgIpc) is 3.02. The number of benzene rings is 3. The van der Waals surface area contributed by atoms with Crippen molar-refractivity contribution in [2.45, 2.75) is 39.5 Å². The molecular weight excluding hydrogens is 578 g/mol. The van der Waals surface area contributed by atoms with Crippen LogP contribution in [0.15, 0.2) is 84.9 Å². The molecule has 0 aromatic heterocycles. The number of carbonyl (C=O) groups is 6. The first-order valence-electron chi connectivity index (χ1n) is 14.2. The Morgan fingerprint density at radius 3 is 2.22 bits per heavy atom. The molecule has 0 bridgehead atoms. The third-order valence-corrected chi connectivity index (χ3v) is 6.84. The van der Waals surface area contributed by atoms with Crippen LogP contribution >= 0.6 is 0 Å². The molecule has 4 N–H and O–H groups in total. The zero-order chi connectivity index (χ0) is 32.9. The van der Waals surface area contributed by atoms with Gasteiger partial charge in [0.05, 0.1) is 6.04 Å². The number of ether oxygens (including phenoxy) is 1. The van der Waals surface area contributed by atoms with E-state index in [0.29, 0.717) is 5.01 Å². The number of fused-ring (bicyclic) bond motifs is 1. The van der Waals surface area contributed by atoms with Crippen LogP contribution in [-0.4, -0.2) is 65.0 Å². The molecular formula is C33H37N5O7. The lowest BCUT2D eigenvalue weighted by molar-refractivity contribution is -0.142. The average molecular weight is 616 g/mol. The molecule has 0 fully saturated rings. The van der Waals surface area contributed by atoms with E-state index >= 15 is 0 Å². The standard InChI is InChI=1S/C33H37N5O7/c1-22(18-28(39)23(2)35-33(44)45-21-24-10-5-4-6-11-24)32(43)36-38(20-29(34)40)31(42)17-16-30(41)37(3)19-26-14-9-13-25-12-7-8-15-27(25)26/h4-17,22-23H,18-21H2,1-3H3,(H2,34,40)(H,35,44)(H,36,43)/b17-16+/t22-,23+/m1/s1. The largest absolute Gasteiger partial charge is 0.445 e. The Morgan fingerprint density at radius 2 is 1.51 bits per heavy atom. The normalized spacial score (nSPS) is 12.2. The van der Waals surface area contributed by atoms with Crippen LogP contribution in [0.2, 0.25) is 0 Å². The fraction of sp³-hybridized carbons (Fsp3) is 0.273. The summed E-state index contributed by atoms with van der Waals surface area (Å²) in [5.41, 5.74) is 9.24. The third kappa shape index (κ3) is 10.6. The monoisotopic (exact) mass is 615 g/mol. The number of likely N-dealkylation sites (N-methyl/N-ethyl adjacent to an activating group) is 1. The fourth-order valence-electron chi connectivity index (χ4n) is 4.29. The van der Waals surface area contributed by atoms with Crippen molar-refractivity contribution in [3.05, 3.63) is 96.1 Å². The van der Waals surface area contributed by atoms with E-state index in [-0.39, 0.29) is 19.6 Å². The highest BCUT2D eigenvalue weighted by molar-refractivity contribution is 5.99. The second-order valence-electron chi connectivity index (χ2n) is 10.5. The van der Waals surface area contributed by atoms with E-state index in [2.05, 4.69) is 10.7 Å².